The normalized spacial score (nSPS) is 14.4. The number of hydrogen-bond donors (Lipinski definition) is 1. The number of methoxy groups -OCH3 is 1. The first-order valence-electron chi connectivity index (χ1n) is 11.1. The lowest BCUT2D eigenvalue weighted by Crippen LogP contribution is -2.46. The lowest BCUT2D eigenvalue weighted by molar-refractivity contribution is -0.123. The lowest BCUT2D eigenvalue weighted by atomic mass is 10.0. The average Bonchev–Trinajstić information content (AvgIpc) is 3.57. The van der Waals surface area contributed by atoms with Crippen LogP contribution in [-0.4, -0.2) is 30.9 Å². The minimum absolute atomic E-state index is 0.00736. The van der Waals surface area contributed by atoms with Crippen LogP contribution in [0, 0.1) is 5.82 Å². The molecule has 1 aliphatic carbocycles. The van der Waals surface area contributed by atoms with Crippen molar-refractivity contribution in [2.45, 2.75) is 37.8 Å². The SMILES string of the molecule is COC(=O)c1ccc(N(C(=O)c2ccco2)[C@@H](C(=O)NC2CCCC2)c2ccccc2F)cc1. The van der Waals surface area contributed by atoms with Gasteiger partial charge >= 0.3 is 5.97 Å². The molecule has 0 aliphatic heterocycles. The largest absolute Gasteiger partial charge is 0.465 e. The van der Waals surface area contributed by atoms with E-state index >= 15 is 4.39 Å². The number of carbonyl (C=O) groups is 3. The zero-order valence-electron chi connectivity index (χ0n) is 18.7. The first kappa shape index (κ1) is 23.2. The Hall–Kier alpha value is -3.94. The third-order valence-corrected chi connectivity index (χ3v) is 5.93. The van der Waals surface area contributed by atoms with Gasteiger partial charge in [-0.1, -0.05) is 31.0 Å². The smallest absolute Gasteiger partial charge is 0.337 e. The number of furan rings is 1. The number of rotatable bonds is 7. The summed E-state index contributed by atoms with van der Waals surface area (Å²) < 4.78 is 25.1. The first-order valence-corrected chi connectivity index (χ1v) is 11.1. The summed E-state index contributed by atoms with van der Waals surface area (Å²) in [6.07, 6.45) is 5.01. The van der Waals surface area contributed by atoms with E-state index in [0.717, 1.165) is 25.7 Å². The molecule has 0 spiro atoms. The van der Waals surface area contributed by atoms with Gasteiger partial charge < -0.3 is 14.5 Å². The summed E-state index contributed by atoms with van der Waals surface area (Å²) >= 11 is 0. The van der Waals surface area contributed by atoms with Crippen molar-refractivity contribution in [1.82, 2.24) is 5.32 Å². The van der Waals surface area contributed by atoms with Gasteiger partial charge in [0.1, 0.15) is 11.9 Å². The summed E-state index contributed by atoms with van der Waals surface area (Å²) in [5.74, 6) is -2.27. The van der Waals surface area contributed by atoms with Crippen LogP contribution in [0.1, 0.15) is 58.2 Å². The Labute approximate surface area is 196 Å². The van der Waals surface area contributed by atoms with Crippen molar-refractivity contribution >= 4 is 23.5 Å². The van der Waals surface area contributed by atoms with Crippen molar-refractivity contribution in [2.75, 3.05) is 12.0 Å². The van der Waals surface area contributed by atoms with E-state index < -0.39 is 29.6 Å². The van der Waals surface area contributed by atoms with E-state index in [9.17, 15) is 14.4 Å². The van der Waals surface area contributed by atoms with Crippen LogP contribution < -0.4 is 10.2 Å². The molecule has 0 bridgehead atoms. The maximum atomic E-state index is 15.0. The van der Waals surface area contributed by atoms with Gasteiger partial charge in [0.25, 0.3) is 5.91 Å². The Morgan fingerprint density at radius 2 is 1.74 bits per heavy atom. The number of hydrogen-bond acceptors (Lipinski definition) is 5. The standard InChI is InChI=1S/C26H25FN2O5/c1-33-26(32)17-12-14-19(15-13-17)29(25(31)22-11-6-16-34-22)23(20-9-4-5-10-21(20)27)24(30)28-18-7-2-3-8-18/h4-6,9-16,18,23H,2-3,7-8H2,1H3,(H,28,30)/t23-/m1/s1. The van der Waals surface area contributed by atoms with Crippen LogP contribution in [0.5, 0.6) is 0 Å². The maximum Gasteiger partial charge on any atom is 0.337 e. The summed E-state index contributed by atoms with van der Waals surface area (Å²) in [6.45, 7) is 0. The second kappa shape index (κ2) is 10.3. The highest BCUT2D eigenvalue weighted by Gasteiger charge is 2.37. The second-order valence-electron chi connectivity index (χ2n) is 8.10. The summed E-state index contributed by atoms with van der Waals surface area (Å²) in [7, 11) is 1.27. The number of anilines is 1. The topological polar surface area (TPSA) is 88.8 Å². The van der Waals surface area contributed by atoms with E-state index in [1.54, 1.807) is 12.1 Å². The molecular weight excluding hydrogens is 439 g/mol. The molecule has 1 heterocycles. The van der Waals surface area contributed by atoms with Crippen LogP contribution in [0.2, 0.25) is 0 Å². The number of amides is 2. The van der Waals surface area contributed by atoms with Gasteiger partial charge in [0, 0.05) is 17.3 Å². The molecule has 1 aromatic heterocycles. The molecule has 1 aliphatic rings. The van der Waals surface area contributed by atoms with Crippen molar-refractivity contribution in [1.29, 1.82) is 0 Å². The highest BCUT2D eigenvalue weighted by molar-refractivity contribution is 6.09. The molecule has 0 radical (unpaired) electrons. The Morgan fingerprint density at radius 3 is 2.35 bits per heavy atom. The van der Waals surface area contributed by atoms with Crippen LogP contribution >= 0.6 is 0 Å². The molecular formula is C26H25FN2O5. The quantitative estimate of drug-likeness (QED) is 0.514. The molecule has 7 nitrogen and oxygen atoms in total. The summed E-state index contributed by atoms with van der Waals surface area (Å²) in [5.41, 5.74) is 0.619. The van der Waals surface area contributed by atoms with Gasteiger partial charge in [-0.3, -0.25) is 14.5 Å². The number of benzene rings is 2. The van der Waals surface area contributed by atoms with Crippen molar-refractivity contribution in [3.63, 3.8) is 0 Å². The Morgan fingerprint density at radius 1 is 1.03 bits per heavy atom. The fourth-order valence-electron chi connectivity index (χ4n) is 4.22. The fourth-order valence-corrected chi connectivity index (χ4v) is 4.22. The van der Waals surface area contributed by atoms with Gasteiger partial charge in [0.15, 0.2) is 5.76 Å². The van der Waals surface area contributed by atoms with Gasteiger partial charge in [0.2, 0.25) is 5.91 Å². The van der Waals surface area contributed by atoms with E-state index in [0.29, 0.717) is 5.69 Å². The highest BCUT2D eigenvalue weighted by Crippen LogP contribution is 2.32. The van der Waals surface area contributed by atoms with Gasteiger partial charge in [0.05, 0.1) is 18.9 Å². The molecule has 4 rings (SSSR count). The van der Waals surface area contributed by atoms with Crippen molar-refractivity contribution in [3.8, 4) is 0 Å². The van der Waals surface area contributed by atoms with Gasteiger partial charge in [-0.25, -0.2) is 9.18 Å². The number of carbonyl (C=O) groups excluding carboxylic acids is 3. The molecule has 1 saturated carbocycles. The zero-order valence-corrected chi connectivity index (χ0v) is 18.7. The summed E-state index contributed by atoms with van der Waals surface area (Å²) in [6, 6.07) is 13.6. The monoisotopic (exact) mass is 464 g/mol. The van der Waals surface area contributed by atoms with Crippen molar-refractivity contribution in [2.24, 2.45) is 0 Å². The number of halogens is 1. The van der Waals surface area contributed by atoms with E-state index in [-0.39, 0.29) is 22.9 Å². The fraction of sp³-hybridized carbons (Fsp3) is 0.269. The average molecular weight is 464 g/mol. The molecule has 8 heteroatoms. The predicted molar refractivity (Wildman–Crippen MR) is 123 cm³/mol. The van der Waals surface area contributed by atoms with Gasteiger partial charge in [-0.2, -0.15) is 0 Å². The van der Waals surface area contributed by atoms with Crippen LogP contribution in [0.25, 0.3) is 0 Å². The Balaban J connectivity index is 1.81. The zero-order chi connectivity index (χ0) is 24.1. The number of ether oxygens (including phenoxy) is 1. The Kier molecular flexibility index (Phi) is 7.06. The number of esters is 1. The minimum atomic E-state index is -1.30. The van der Waals surface area contributed by atoms with E-state index in [1.165, 1.54) is 66.8 Å². The van der Waals surface area contributed by atoms with Crippen molar-refractivity contribution in [3.05, 3.63) is 89.6 Å². The molecule has 3 aromatic rings. The van der Waals surface area contributed by atoms with Gasteiger partial charge in [-0.05, 0) is 55.3 Å². The number of nitrogens with zero attached hydrogens (tertiary/aromatic N) is 1. The van der Waals surface area contributed by atoms with E-state index in [4.69, 9.17) is 9.15 Å². The maximum absolute atomic E-state index is 15.0. The van der Waals surface area contributed by atoms with Crippen molar-refractivity contribution < 1.29 is 27.9 Å². The third-order valence-electron chi connectivity index (χ3n) is 5.93. The van der Waals surface area contributed by atoms with Crippen LogP contribution in [0.15, 0.2) is 71.3 Å². The molecule has 34 heavy (non-hydrogen) atoms. The summed E-state index contributed by atoms with van der Waals surface area (Å²) in [5, 5.41) is 2.99. The molecule has 0 unspecified atom stereocenters. The lowest BCUT2D eigenvalue weighted by Gasteiger charge is -2.32. The molecule has 0 saturated heterocycles. The van der Waals surface area contributed by atoms with E-state index in [1.807, 2.05) is 0 Å². The molecule has 176 valence electrons. The third kappa shape index (κ3) is 4.85. The molecule has 1 N–H and O–H groups in total. The molecule has 2 amide bonds. The molecule has 1 fully saturated rings. The second-order valence-corrected chi connectivity index (χ2v) is 8.10. The Bertz CT molecular complexity index is 1150. The van der Waals surface area contributed by atoms with E-state index in [2.05, 4.69) is 5.32 Å². The van der Waals surface area contributed by atoms with Crippen LogP contribution in [0.4, 0.5) is 10.1 Å². The highest BCUT2D eigenvalue weighted by atomic mass is 19.1. The predicted octanol–water partition coefficient (Wildman–Crippen LogP) is 4.65. The molecule has 2 aromatic carbocycles. The molecule has 1 atom stereocenters. The minimum Gasteiger partial charge on any atom is -0.465 e. The summed E-state index contributed by atoms with van der Waals surface area (Å²) in [4.78, 5) is 40.3. The van der Waals surface area contributed by atoms with Gasteiger partial charge in [-0.15, -0.1) is 0 Å². The number of nitrogens with one attached hydrogen (secondary N) is 1. The van der Waals surface area contributed by atoms with Crippen LogP contribution in [-0.2, 0) is 9.53 Å². The van der Waals surface area contributed by atoms with Crippen LogP contribution in [0.3, 0.4) is 0 Å². The first-order chi connectivity index (χ1) is 16.5.